The Morgan fingerprint density at radius 3 is 2.55 bits per heavy atom. The number of anilines is 2. The van der Waals surface area contributed by atoms with Crippen LogP contribution in [0.1, 0.15) is 12.0 Å². The van der Waals surface area contributed by atoms with Crippen molar-refractivity contribution in [2.45, 2.75) is 19.3 Å². The Morgan fingerprint density at radius 2 is 1.81 bits per heavy atom. The summed E-state index contributed by atoms with van der Waals surface area (Å²) in [6, 6.07) is 15.0. The van der Waals surface area contributed by atoms with Crippen molar-refractivity contribution in [1.82, 2.24) is 9.97 Å². The van der Waals surface area contributed by atoms with E-state index in [-0.39, 0.29) is 12.4 Å². The molecule has 0 unspecified atom stereocenters. The average molecular weight is 497 g/mol. The fourth-order valence-electron chi connectivity index (χ4n) is 2.72. The first kappa shape index (κ1) is 22.8. The second-order valence-electron chi connectivity index (χ2n) is 6.49. The number of halogens is 4. The van der Waals surface area contributed by atoms with E-state index in [4.69, 9.17) is 5.11 Å². The number of rotatable bonds is 9. The third-order valence-electron chi connectivity index (χ3n) is 4.13. The summed E-state index contributed by atoms with van der Waals surface area (Å²) < 4.78 is 42.7. The minimum atomic E-state index is -4.78. The molecule has 0 spiro atoms. The zero-order valence-electron chi connectivity index (χ0n) is 16.3. The van der Waals surface area contributed by atoms with Gasteiger partial charge in [0.2, 0.25) is 5.95 Å². The van der Waals surface area contributed by atoms with Gasteiger partial charge < -0.3 is 20.5 Å². The lowest BCUT2D eigenvalue weighted by Crippen LogP contribution is -2.17. The summed E-state index contributed by atoms with van der Waals surface area (Å²) in [7, 11) is 0. The molecule has 10 heteroatoms. The van der Waals surface area contributed by atoms with Gasteiger partial charge in [-0.1, -0.05) is 46.3 Å². The number of alkyl halides is 3. The van der Waals surface area contributed by atoms with Crippen LogP contribution in [0.25, 0.3) is 11.3 Å². The molecule has 0 atom stereocenters. The first-order chi connectivity index (χ1) is 14.8. The summed E-state index contributed by atoms with van der Waals surface area (Å²) in [5, 5.41) is 15.2. The molecule has 0 saturated carbocycles. The van der Waals surface area contributed by atoms with Crippen LogP contribution in [0.3, 0.4) is 0 Å². The standard InChI is InChI=1S/C21H20BrF3N4O2/c22-17-8-2-1-5-15(17)13-27-19-12-18(28-20(29-19)26-9-4-10-30)14-6-3-7-16(11-14)31-21(23,24)25/h1-3,5-8,11-12,30H,4,9-10,13H2,(H2,26,27,28,29). The molecule has 0 aliphatic rings. The second kappa shape index (κ2) is 10.5. The lowest BCUT2D eigenvalue weighted by molar-refractivity contribution is -0.274. The highest BCUT2D eigenvalue weighted by molar-refractivity contribution is 9.10. The van der Waals surface area contributed by atoms with Crippen LogP contribution in [0.2, 0.25) is 0 Å². The van der Waals surface area contributed by atoms with Crippen LogP contribution in [-0.4, -0.2) is 34.6 Å². The third-order valence-corrected chi connectivity index (χ3v) is 4.90. The summed E-state index contributed by atoms with van der Waals surface area (Å²) >= 11 is 3.49. The van der Waals surface area contributed by atoms with Gasteiger partial charge in [0, 0.05) is 35.8 Å². The zero-order valence-corrected chi connectivity index (χ0v) is 17.9. The Labute approximate surface area is 185 Å². The number of hydrogen-bond donors (Lipinski definition) is 3. The van der Waals surface area contributed by atoms with E-state index in [9.17, 15) is 13.2 Å². The number of ether oxygens (including phenoxy) is 1. The first-order valence-corrected chi connectivity index (χ1v) is 10.2. The van der Waals surface area contributed by atoms with Gasteiger partial charge in [0.15, 0.2) is 0 Å². The summed E-state index contributed by atoms with van der Waals surface area (Å²) in [6.45, 7) is 0.933. The van der Waals surface area contributed by atoms with Crippen molar-refractivity contribution in [3.63, 3.8) is 0 Å². The molecule has 0 aliphatic heterocycles. The molecule has 0 saturated heterocycles. The Hall–Kier alpha value is -2.85. The van der Waals surface area contributed by atoms with Gasteiger partial charge in [0.1, 0.15) is 11.6 Å². The van der Waals surface area contributed by atoms with Gasteiger partial charge >= 0.3 is 6.36 Å². The highest BCUT2D eigenvalue weighted by atomic mass is 79.9. The highest BCUT2D eigenvalue weighted by Gasteiger charge is 2.31. The number of aliphatic hydroxyl groups is 1. The van der Waals surface area contributed by atoms with Crippen molar-refractivity contribution in [3.8, 4) is 17.0 Å². The van der Waals surface area contributed by atoms with Crippen LogP contribution >= 0.6 is 15.9 Å². The molecule has 3 N–H and O–H groups in total. The minimum Gasteiger partial charge on any atom is -0.406 e. The van der Waals surface area contributed by atoms with Crippen molar-refractivity contribution < 1.29 is 23.0 Å². The molecule has 2 aromatic carbocycles. The van der Waals surface area contributed by atoms with E-state index in [1.54, 1.807) is 12.1 Å². The van der Waals surface area contributed by atoms with Crippen LogP contribution in [0.15, 0.2) is 59.1 Å². The van der Waals surface area contributed by atoms with Crippen LogP contribution in [-0.2, 0) is 6.54 Å². The quantitative estimate of drug-likeness (QED) is 0.353. The predicted molar refractivity (Wildman–Crippen MR) is 116 cm³/mol. The van der Waals surface area contributed by atoms with Gasteiger partial charge in [0.05, 0.1) is 5.69 Å². The zero-order chi connectivity index (χ0) is 22.3. The van der Waals surface area contributed by atoms with E-state index >= 15 is 0 Å². The van der Waals surface area contributed by atoms with Gasteiger partial charge in [-0.3, -0.25) is 0 Å². The number of nitrogens with zero attached hydrogens (tertiary/aromatic N) is 2. The van der Waals surface area contributed by atoms with Gasteiger partial charge in [-0.25, -0.2) is 4.98 Å². The van der Waals surface area contributed by atoms with Gasteiger partial charge in [-0.05, 0) is 30.2 Å². The van der Waals surface area contributed by atoms with Crippen molar-refractivity contribution >= 4 is 27.7 Å². The van der Waals surface area contributed by atoms with E-state index in [0.717, 1.165) is 10.0 Å². The largest absolute Gasteiger partial charge is 0.573 e. The summed E-state index contributed by atoms with van der Waals surface area (Å²) in [5.74, 6) is 0.457. The van der Waals surface area contributed by atoms with Crippen molar-refractivity contribution in [2.75, 3.05) is 23.8 Å². The van der Waals surface area contributed by atoms with Gasteiger partial charge in [-0.2, -0.15) is 4.98 Å². The van der Waals surface area contributed by atoms with Crippen molar-refractivity contribution in [3.05, 3.63) is 64.6 Å². The molecular weight excluding hydrogens is 477 g/mol. The molecule has 31 heavy (non-hydrogen) atoms. The fraction of sp³-hybridized carbons (Fsp3) is 0.238. The number of aromatic nitrogens is 2. The maximum Gasteiger partial charge on any atom is 0.573 e. The molecular formula is C21H20BrF3N4O2. The molecule has 0 aliphatic carbocycles. The summed E-state index contributed by atoms with van der Waals surface area (Å²) in [5.41, 5.74) is 1.88. The maximum absolute atomic E-state index is 12.6. The number of benzene rings is 2. The topological polar surface area (TPSA) is 79.3 Å². The van der Waals surface area contributed by atoms with Crippen molar-refractivity contribution in [1.29, 1.82) is 0 Å². The third kappa shape index (κ3) is 7.11. The molecule has 0 fully saturated rings. The lowest BCUT2D eigenvalue weighted by atomic mass is 10.1. The Balaban J connectivity index is 1.88. The summed E-state index contributed by atoms with van der Waals surface area (Å²) in [6.07, 6.45) is -4.28. The number of aliphatic hydroxyl groups excluding tert-OH is 1. The molecule has 0 radical (unpaired) electrons. The molecule has 0 bridgehead atoms. The normalized spacial score (nSPS) is 11.3. The highest BCUT2D eigenvalue weighted by Crippen LogP contribution is 2.29. The molecule has 1 aromatic heterocycles. The molecule has 6 nitrogen and oxygen atoms in total. The number of nitrogens with one attached hydrogen (secondary N) is 2. The second-order valence-corrected chi connectivity index (χ2v) is 7.34. The minimum absolute atomic E-state index is 0.0106. The smallest absolute Gasteiger partial charge is 0.406 e. The van der Waals surface area contributed by atoms with Gasteiger partial charge in [-0.15, -0.1) is 13.2 Å². The lowest BCUT2D eigenvalue weighted by Gasteiger charge is -2.13. The molecule has 3 aromatic rings. The SMILES string of the molecule is OCCCNc1nc(NCc2ccccc2Br)cc(-c2cccc(OC(F)(F)F)c2)n1. The van der Waals surface area contributed by atoms with Crippen molar-refractivity contribution in [2.24, 2.45) is 0 Å². The van der Waals surface area contributed by atoms with E-state index in [1.807, 2.05) is 24.3 Å². The molecule has 0 amide bonds. The van der Waals surface area contributed by atoms with Crippen LogP contribution in [0.5, 0.6) is 5.75 Å². The maximum atomic E-state index is 12.6. The Morgan fingerprint density at radius 1 is 1.00 bits per heavy atom. The number of hydrogen-bond acceptors (Lipinski definition) is 6. The predicted octanol–water partition coefficient (Wildman–Crippen LogP) is 5.21. The summed E-state index contributed by atoms with van der Waals surface area (Å²) in [4.78, 5) is 8.81. The Bertz CT molecular complexity index is 1020. The van der Waals surface area contributed by atoms with Gasteiger partial charge in [0.25, 0.3) is 0 Å². The molecule has 1 heterocycles. The molecule has 3 rings (SSSR count). The fourth-order valence-corrected chi connectivity index (χ4v) is 3.15. The first-order valence-electron chi connectivity index (χ1n) is 9.41. The Kier molecular flexibility index (Phi) is 7.69. The monoisotopic (exact) mass is 496 g/mol. The average Bonchev–Trinajstić information content (AvgIpc) is 2.72. The van der Waals surface area contributed by atoms with E-state index in [1.165, 1.54) is 18.2 Å². The van der Waals surface area contributed by atoms with Crippen LogP contribution in [0.4, 0.5) is 24.9 Å². The van der Waals surface area contributed by atoms with Crippen LogP contribution in [0, 0.1) is 0 Å². The molecule has 164 valence electrons. The van der Waals surface area contributed by atoms with Crippen LogP contribution < -0.4 is 15.4 Å². The van der Waals surface area contributed by atoms with E-state index in [0.29, 0.717) is 42.5 Å². The van der Waals surface area contributed by atoms with E-state index < -0.39 is 6.36 Å². The van der Waals surface area contributed by atoms with E-state index in [2.05, 4.69) is 41.3 Å².